The van der Waals surface area contributed by atoms with Gasteiger partial charge in [0.2, 0.25) is 0 Å². The monoisotopic (exact) mass is 299 g/mol. The Labute approximate surface area is 129 Å². The van der Waals surface area contributed by atoms with Crippen molar-refractivity contribution in [2.24, 2.45) is 5.92 Å². The van der Waals surface area contributed by atoms with Crippen LogP contribution in [0.1, 0.15) is 32.6 Å². The molecule has 1 fully saturated rings. The Hall–Kier alpha value is -2.37. The van der Waals surface area contributed by atoms with Gasteiger partial charge < -0.3 is 10.6 Å². The molecular weight excluding hydrogens is 278 g/mol. The van der Waals surface area contributed by atoms with Gasteiger partial charge in [0.25, 0.3) is 0 Å². The van der Waals surface area contributed by atoms with Gasteiger partial charge in [-0.1, -0.05) is 6.92 Å². The molecule has 6 heteroatoms. The van der Waals surface area contributed by atoms with Crippen LogP contribution >= 0.6 is 0 Å². The van der Waals surface area contributed by atoms with Gasteiger partial charge in [-0.25, -0.2) is 14.5 Å². The van der Waals surface area contributed by atoms with Crippen molar-refractivity contribution >= 4 is 11.7 Å². The molecule has 1 aliphatic carbocycles. The topological polar surface area (TPSA) is 71.8 Å². The number of nitrogens with one attached hydrogen (secondary N) is 2. The zero-order valence-corrected chi connectivity index (χ0v) is 12.7. The predicted molar refractivity (Wildman–Crippen MR) is 84.9 cm³/mol. The molecule has 1 saturated carbocycles. The van der Waals surface area contributed by atoms with E-state index in [1.807, 2.05) is 24.4 Å². The summed E-state index contributed by atoms with van der Waals surface area (Å²) in [4.78, 5) is 16.3. The van der Waals surface area contributed by atoms with Gasteiger partial charge in [-0.15, -0.1) is 0 Å². The second-order valence-corrected chi connectivity index (χ2v) is 5.91. The molecule has 0 aromatic carbocycles. The number of hydrogen-bond donors (Lipinski definition) is 2. The molecule has 2 N–H and O–H groups in total. The third-order valence-electron chi connectivity index (χ3n) is 4.10. The summed E-state index contributed by atoms with van der Waals surface area (Å²) in [5.74, 6) is 1.50. The molecule has 2 aromatic rings. The number of aromatic nitrogens is 3. The molecule has 0 bridgehead atoms. The normalized spacial score (nSPS) is 21.3. The van der Waals surface area contributed by atoms with E-state index in [2.05, 4.69) is 27.6 Å². The van der Waals surface area contributed by atoms with E-state index >= 15 is 0 Å². The maximum Gasteiger partial charge on any atom is 0.319 e. The van der Waals surface area contributed by atoms with Crippen LogP contribution in [0.15, 0.2) is 36.8 Å². The Morgan fingerprint density at radius 3 is 2.73 bits per heavy atom. The molecule has 2 heterocycles. The number of pyridine rings is 1. The SMILES string of the molecule is CC1CCC(NC(=O)Nc2ccc(-n3cccn3)nc2)CC1. The lowest BCUT2D eigenvalue weighted by Gasteiger charge is -2.26. The largest absolute Gasteiger partial charge is 0.335 e. The molecule has 22 heavy (non-hydrogen) atoms. The molecule has 0 spiro atoms. The Balaban J connectivity index is 1.53. The van der Waals surface area contributed by atoms with E-state index in [4.69, 9.17) is 0 Å². The van der Waals surface area contributed by atoms with E-state index in [0.717, 1.165) is 24.6 Å². The predicted octanol–water partition coefficient (Wildman–Crippen LogP) is 2.97. The van der Waals surface area contributed by atoms with Crippen molar-refractivity contribution in [3.05, 3.63) is 36.8 Å². The first-order valence-corrected chi connectivity index (χ1v) is 7.74. The summed E-state index contributed by atoms with van der Waals surface area (Å²) in [7, 11) is 0. The Morgan fingerprint density at radius 1 is 1.27 bits per heavy atom. The summed E-state index contributed by atoms with van der Waals surface area (Å²) in [5.41, 5.74) is 0.678. The van der Waals surface area contributed by atoms with Gasteiger partial charge in [0, 0.05) is 18.4 Å². The van der Waals surface area contributed by atoms with Gasteiger partial charge in [0.05, 0.1) is 11.9 Å². The second-order valence-electron chi connectivity index (χ2n) is 5.91. The Bertz CT molecular complexity index is 600. The fraction of sp³-hybridized carbons (Fsp3) is 0.438. The van der Waals surface area contributed by atoms with E-state index in [0.29, 0.717) is 5.69 Å². The van der Waals surface area contributed by atoms with E-state index in [1.165, 1.54) is 12.8 Å². The third-order valence-corrected chi connectivity index (χ3v) is 4.10. The number of nitrogens with zero attached hydrogens (tertiary/aromatic N) is 3. The first-order valence-electron chi connectivity index (χ1n) is 7.74. The van der Waals surface area contributed by atoms with Crippen molar-refractivity contribution in [1.29, 1.82) is 0 Å². The molecule has 0 atom stereocenters. The average molecular weight is 299 g/mol. The summed E-state index contributed by atoms with van der Waals surface area (Å²) in [6.07, 6.45) is 9.66. The number of carbonyl (C=O) groups excluding carboxylic acids is 1. The number of urea groups is 1. The number of amides is 2. The van der Waals surface area contributed by atoms with Crippen molar-refractivity contribution in [3.8, 4) is 5.82 Å². The average Bonchev–Trinajstić information content (AvgIpc) is 3.05. The zero-order valence-electron chi connectivity index (χ0n) is 12.7. The lowest BCUT2D eigenvalue weighted by Crippen LogP contribution is -2.39. The Morgan fingerprint density at radius 2 is 2.09 bits per heavy atom. The van der Waals surface area contributed by atoms with Crippen LogP contribution in [0.5, 0.6) is 0 Å². The number of rotatable bonds is 3. The van der Waals surface area contributed by atoms with Crippen molar-refractivity contribution in [2.75, 3.05) is 5.32 Å². The van der Waals surface area contributed by atoms with Crippen LogP contribution in [-0.2, 0) is 0 Å². The van der Waals surface area contributed by atoms with Gasteiger partial charge >= 0.3 is 6.03 Å². The quantitative estimate of drug-likeness (QED) is 0.915. The number of anilines is 1. The van der Waals surface area contributed by atoms with Crippen molar-refractivity contribution < 1.29 is 4.79 Å². The maximum atomic E-state index is 12.0. The van der Waals surface area contributed by atoms with Gasteiger partial charge in [-0.05, 0) is 49.8 Å². The van der Waals surface area contributed by atoms with Crippen LogP contribution in [0.3, 0.4) is 0 Å². The summed E-state index contributed by atoms with van der Waals surface area (Å²) >= 11 is 0. The first kappa shape index (κ1) is 14.6. The van der Waals surface area contributed by atoms with E-state index in [-0.39, 0.29) is 12.1 Å². The molecule has 0 unspecified atom stereocenters. The van der Waals surface area contributed by atoms with Gasteiger partial charge in [-0.2, -0.15) is 5.10 Å². The van der Waals surface area contributed by atoms with Crippen LogP contribution in [0.4, 0.5) is 10.5 Å². The van der Waals surface area contributed by atoms with E-state index in [1.54, 1.807) is 17.1 Å². The van der Waals surface area contributed by atoms with Crippen LogP contribution in [0, 0.1) is 5.92 Å². The highest BCUT2D eigenvalue weighted by Crippen LogP contribution is 2.23. The van der Waals surface area contributed by atoms with Crippen molar-refractivity contribution in [2.45, 2.75) is 38.6 Å². The molecule has 1 aliphatic rings. The molecule has 0 aliphatic heterocycles. The summed E-state index contributed by atoms with van der Waals surface area (Å²) in [6.45, 7) is 2.27. The molecule has 6 nitrogen and oxygen atoms in total. The minimum absolute atomic E-state index is 0.159. The number of carbonyl (C=O) groups is 1. The Kier molecular flexibility index (Phi) is 4.37. The van der Waals surface area contributed by atoms with Crippen molar-refractivity contribution in [1.82, 2.24) is 20.1 Å². The summed E-state index contributed by atoms with van der Waals surface area (Å²) < 4.78 is 1.67. The highest BCUT2D eigenvalue weighted by Gasteiger charge is 2.19. The number of hydrogen-bond acceptors (Lipinski definition) is 3. The van der Waals surface area contributed by atoms with E-state index in [9.17, 15) is 4.79 Å². The van der Waals surface area contributed by atoms with Crippen LogP contribution in [0.2, 0.25) is 0 Å². The smallest absolute Gasteiger partial charge is 0.319 e. The minimum atomic E-state index is -0.159. The zero-order chi connectivity index (χ0) is 15.4. The minimum Gasteiger partial charge on any atom is -0.335 e. The summed E-state index contributed by atoms with van der Waals surface area (Å²) in [5, 5.41) is 9.98. The lowest BCUT2D eigenvalue weighted by molar-refractivity contribution is 0.239. The molecule has 116 valence electrons. The lowest BCUT2D eigenvalue weighted by atomic mass is 9.87. The second kappa shape index (κ2) is 6.60. The highest BCUT2D eigenvalue weighted by molar-refractivity contribution is 5.89. The third kappa shape index (κ3) is 3.63. The van der Waals surface area contributed by atoms with Crippen molar-refractivity contribution in [3.63, 3.8) is 0 Å². The molecule has 0 radical (unpaired) electrons. The molecule has 2 amide bonds. The maximum absolute atomic E-state index is 12.0. The van der Waals surface area contributed by atoms with E-state index < -0.39 is 0 Å². The van der Waals surface area contributed by atoms with Crippen LogP contribution in [-0.4, -0.2) is 26.8 Å². The molecule has 2 aromatic heterocycles. The van der Waals surface area contributed by atoms with Gasteiger partial charge in [-0.3, -0.25) is 0 Å². The molecule has 0 saturated heterocycles. The van der Waals surface area contributed by atoms with Crippen LogP contribution < -0.4 is 10.6 Å². The first-order chi connectivity index (χ1) is 10.7. The van der Waals surface area contributed by atoms with Gasteiger partial charge in [0.1, 0.15) is 0 Å². The van der Waals surface area contributed by atoms with Crippen LogP contribution in [0.25, 0.3) is 5.82 Å². The highest BCUT2D eigenvalue weighted by atomic mass is 16.2. The summed E-state index contributed by atoms with van der Waals surface area (Å²) in [6, 6.07) is 5.62. The molecular formula is C16H21N5O. The fourth-order valence-corrected chi connectivity index (χ4v) is 2.76. The molecule has 3 rings (SSSR count). The standard InChI is InChI=1S/C16H21N5O/c1-12-3-5-13(6-4-12)19-16(22)20-14-7-8-15(17-11-14)21-10-2-9-18-21/h2,7-13H,3-6H2,1H3,(H2,19,20,22). The fourth-order valence-electron chi connectivity index (χ4n) is 2.76. The van der Waals surface area contributed by atoms with Gasteiger partial charge in [0.15, 0.2) is 5.82 Å².